The summed E-state index contributed by atoms with van der Waals surface area (Å²) in [4.78, 5) is 0. The van der Waals surface area contributed by atoms with Crippen LogP contribution >= 0.6 is 13.5 Å². The molecule has 1 nitrogen and oxygen atoms in total. The van der Waals surface area contributed by atoms with Crippen LogP contribution in [0.2, 0.25) is 0 Å². The summed E-state index contributed by atoms with van der Waals surface area (Å²) in [7, 11) is 0. The van der Waals surface area contributed by atoms with Gasteiger partial charge in [0, 0.05) is 0 Å². The minimum Gasteiger partial charge on any atom is -0.392 e. The largest absolute Gasteiger partial charge is 0.392 e. The van der Waals surface area contributed by atoms with Gasteiger partial charge in [0.05, 0.1) is 6.10 Å². The van der Waals surface area contributed by atoms with Crippen molar-refractivity contribution in [2.24, 2.45) is 10.8 Å². The molecule has 0 aromatic heterocycles. The van der Waals surface area contributed by atoms with Crippen LogP contribution in [0.1, 0.15) is 41.5 Å². The number of aliphatic hydroxyl groups is 1. The first-order valence-corrected chi connectivity index (χ1v) is 3.84. The van der Waals surface area contributed by atoms with Gasteiger partial charge in [0.15, 0.2) is 0 Å². The van der Waals surface area contributed by atoms with E-state index in [1.807, 2.05) is 0 Å². The Bertz CT molecular complexity index is 93.7. The second-order valence-corrected chi connectivity index (χ2v) is 5.13. The molecule has 70 valence electrons. The molecule has 0 bridgehead atoms. The Balaban J connectivity index is 0. The van der Waals surface area contributed by atoms with Crippen molar-refractivity contribution in [1.82, 2.24) is 0 Å². The molecule has 0 radical (unpaired) electrons. The number of aliphatic hydroxyl groups excluding tert-OH is 1. The molecule has 0 saturated heterocycles. The maximum atomic E-state index is 9.72. The van der Waals surface area contributed by atoms with Crippen LogP contribution in [0.15, 0.2) is 0 Å². The van der Waals surface area contributed by atoms with Gasteiger partial charge in [-0.15, -0.1) is 0 Å². The third kappa shape index (κ3) is 4.70. The highest BCUT2D eigenvalue weighted by Gasteiger charge is 2.32. The lowest BCUT2D eigenvalue weighted by Gasteiger charge is -2.36. The monoisotopic (exact) mass is 178 g/mol. The molecule has 0 unspecified atom stereocenters. The lowest BCUT2D eigenvalue weighted by atomic mass is 9.74. The zero-order valence-corrected chi connectivity index (χ0v) is 9.52. The highest BCUT2D eigenvalue weighted by atomic mass is 32.1. The van der Waals surface area contributed by atoms with Gasteiger partial charge < -0.3 is 5.11 Å². The summed E-state index contributed by atoms with van der Waals surface area (Å²) < 4.78 is 0. The van der Waals surface area contributed by atoms with Crippen LogP contribution in [0.5, 0.6) is 0 Å². The quantitative estimate of drug-likeness (QED) is 0.604. The summed E-state index contributed by atoms with van der Waals surface area (Å²) >= 11 is 0. The van der Waals surface area contributed by atoms with E-state index in [0.29, 0.717) is 0 Å². The Labute approximate surface area is 77.6 Å². The first-order chi connectivity index (χ1) is 4.15. The fourth-order valence-corrected chi connectivity index (χ4v) is 1.30. The second kappa shape index (κ2) is 3.81. The predicted octanol–water partition coefficient (Wildman–Crippen LogP) is 2.55. The molecule has 0 aromatic carbocycles. The van der Waals surface area contributed by atoms with Crippen molar-refractivity contribution in [1.29, 1.82) is 0 Å². The molecular weight excluding hydrogens is 156 g/mol. The van der Waals surface area contributed by atoms with Crippen molar-refractivity contribution in [2.45, 2.75) is 47.6 Å². The molecule has 0 aliphatic heterocycles. The molecule has 11 heavy (non-hydrogen) atoms. The number of hydrogen-bond donors (Lipinski definition) is 1. The van der Waals surface area contributed by atoms with E-state index in [-0.39, 0.29) is 30.4 Å². The highest BCUT2D eigenvalue weighted by molar-refractivity contribution is 7.59. The van der Waals surface area contributed by atoms with Crippen molar-refractivity contribution >= 4 is 13.5 Å². The van der Waals surface area contributed by atoms with Gasteiger partial charge in [0.1, 0.15) is 0 Å². The average Bonchev–Trinajstić information content (AvgIpc) is 1.59. The molecule has 0 amide bonds. The summed E-state index contributed by atoms with van der Waals surface area (Å²) in [5, 5.41) is 9.72. The Morgan fingerprint density at radius 3 is 1.00 bits per heavy atom. The average molecular weight is 178 g/mol. The summed E-state index contributed by atoms with van der Waals surface area (Å²) in [6.45, 7) is 12.4. The molecule has 0 heterocycles. The minimum atomic E-state index is -0.236. The molecule has 1 N–H and O–H groups in total. The normalized spacial score (nSPS) is 13.1. The molecule has 0 aliphatic carbocycles. The van der Waals surface area contributed by atoms with E-state index in [9.17, 15) is 5.11 Å². The van der Waals surface area contributed by atoms with E-state index in [1.165, 1.54) is 0 Å². The first-order valence-electron chi connectivity index (χ1n) is 3.84. The van der Waals surface area contributed by atoms with Crippen LogP contribution in [-0.2, 0) is 0 Å². The summed E-state index contributed by atoms with van der Waals surface area (Å²) in [6.07, 6.45) is -0.236. The summed E-state index contributed by atoms with van der Waals surface area (Å²) in [5.41, 5.74) is -0.00347. The van der Waals surface area contributed by atoms with Crippen molar-refractivity contribution in [3.8, 4) is 0 Å². The molecule has 0 aromatic rings. The van der Waals surface area contributed by atoms with Gasteiger partial charge in [-0.2, -0.15) is 13.5 Å². The Hall–Kier alpha value is 0.310. The van der Waals surface area contributed by atoms with E-state index < -0.39 is 0 Å². The number of rotatable bonds is 0. The molecule has 2 heteroatoms. The van der Waals surface area contributed by atoms with Crippen LogP contribution < -0.4 is 0 Å². The van der Waals surface area contributed by atoms with Crippen molar-refractivity contribution in [2.75, 3.05) is 0 Å². The number of hydrogen-bond acceptors (Lipinski definition) is 1. The smallest absolute Gasteiger partial charge is 0.0636 e. The van der Waals surface area contributed by atoms with Gasteiger partial charge in [-0.05, 0) is 10.8 Å². The zero-order chi connectivity index (χ0) is 8.58. The van der Waals surface area contributed by atoms with Crippen molar-refractivity contribution in [3.63, 3.8) is 0 Å². The third-order valence-electron chi connectivity index (χ3n) is 1.64. The minimum absolute atomic E-state index is 0. The van der Waals surface area contributed by atoms with E-state index in [4.69, 9.17) is 0 Å². The fourth-order valence-electron chi connectivity index (χ4n) is 1.30. The molecular formula is C9H22OS. The lowest BCUT2D eigenvalue weighted by Crippen LogP contribution is -2.37. The van der Waals surface area contributed by atoms with Gasteiger partial charge in [0.25, 0.3) is 0 Å². The van der Waals surface area contributed by atoms with E-state index in [1.54, 1.807) is 0 Å². The second-order valence-electron chi connectivity index (χ2n) is 5.13. The predicted molar refractivity (Wildman–Crippen MR) is 55.3 cm³/mol. The highest BCUT2D eigenvalue weighted by Crippen LogP contribution is 2.32. The van der Waals surface area contributed by atoms with Crippen molar-refractivity contribution < 1.29 is 5.11 Å². The molecule has 0 rings (SSSR count). The maximum Gasteiger partial charge on any atom is 0.0636 e. The van der Waals surface area contributed by atoms with E-state index >= 15 is 0 Å². The standard InChI is InChI=1S/C9H20O.H2S/c1-8(2,3)7(10)9(4,5)6;/h7,10H,1-6H3;1H2. The van der Waals surface area contributed by atoms with Gasteiger partial charge in [-0.3, -0.25) is 0 Å². The SMILES string of the molecule is CC(C)(C)C(O)C(C)(C)C.S. The molecule has 0 aliphatic rings. The van der Waals surface area contributed by atoms with Crippen LogP contribution in [0.4, 0.5) is 0 Å². The van der Waals surface area contributed by atoms with Crippen LogP contribution in [-0.4, -0.2) is 11.2 Å². The molecule has 0 spiro atoms. The van der Waals surface area contributed by atoms with Crippen LogP contribution in [0.3, 0.4) is 0 Å². The summed E-state index contributed by atoms with van der Waals surface area (Å²) in [6, 6.07) is 0. The van der Waals surface area contributed by atoms with E-state index in [0.717, 1.165) is 0 Å². The van der Waals surface area contributed by atoms with Crippen molar-refractivity contribution in [3.05, 3.63) is 0 Å². The fraction of sp³-hybridized carbons (Fsp3) is 1.00. The third-order valence-corrected chi connectivity index (χ3v) is 1.64. The van der Waals surface area contributed by atoms with Gasteiger partial charge >= 0.3 is 0 Å². The Kier molecular flexibility index (Phi) is 4.81. The zero-order valence-electron chi connectivity index (χ0n) is 8.52. The van der Waals surface area contributed by atoms with Crippen LogP contribution in [0, 0.1) is 10.8 Å². The van der Waals surface area contributed by atoms with Crippen LogP contribution in [0.25, 0.3) is 0 Å². The summed E-state index contributed by atoms with van der Waals surface area (Å²) in [5.74, 6) is 0. The first kappa shape index (κ1) is 13.9. The molecule has 0 saturated carbocycles. The van der Waals surface area contributed by atoms with E-state index in [2.05, 4.69) is 41.5 Å². The Morgan fingerprint density at radius 2 is 1.00 bits per heavy atom. The molecule has 0 atom stereocenters. The van der Waals surface area contributed by atoms with Gasteiger partial charge in [0.2, 0.25) is 0 Å². The maximum absolute atomic E-state index is 9.72. The topological polar surface area (TPSA) is 20.2 Å². The lowest BCUT2D eigenvalue weighted by molar-refractivity contribution is -0.0229. The van der Waals surface area contributed by atoms with Gasteiger partial charge in [-0.25, -0.2) is 0 Å². The van der Waals surface area contributed by atoms with Gasteiger partial charge in [-0.1, -0.05) is 41.5 Å². The Morgan fingerprint density at radius 1 is 0.818 bits per heavy atom. The molecule has 0 fully saturated rings.